The van der Waals surface area contributed by atoms with Crippen molar-refractivity contribution in [1.29, 1.82) is 0 Å². The van der Waals surface area contributed by atoms with Gasteiger partial charge in [0.2, 0.25) is 0 Å². The van der Waals surface area contributed by atoms with Crippen LogP contribution >= 0.6 is 24.0 Å². The van der Waals surface area contributed by atoms with E-state index < -0.39 is 0 Å². The van der Waals surface area contributed by atoms with Gasteiger partial charge < -0.3 is 15.5 Å². The Bertz CT molecular complexity index is 697. The van der Waals surface area contributed by atoms with Crippen LogP contribution < -0.4 is 15.5 Å². The van der Waals surface area contributed by atoms with Crippen molar-refractivity contribution in [2.75, 3.05) is 37.6 Å². The third-order valence-corrected chi connectivity index (χ3v) is 4.20. The molecule has 0 atom stereocenters. The number of rotatable bonds is 9. The lowest BCUT2D eigenvalue weighted by Crippen LogP contribution is -2.41. The normalized spacial score (nSPS) is 11.0. The predicted molar refractivity (Wildman–Crippen MR) is 125 cm³/mol. The van der Waals surface area contributed by atoms with Crippen molar-refractivity contribution in [2.24, 2.45) is 12.0 Å². The van der Waals surface area contributed by atoms with E-state index in [0.29, 0.717) is 0 Å². The molecule has 1 aromatic carbocycles. The quantitative estimate of drug-likeness (QED) is 0.327. The van der Waals surface area contributed by atoms with Gasteiger partial charge in [0.15, 0.2) is 5.96 Å². The summed E-state index contributed by atoms with van der Waals surface area (Å²) >= 11 is 0. The van der Waals surface area contributed by atoms with Gasteiger partial charge in [-0.2, -0.15) is 5.10 Å². The van der Waals surface area contributed by atoms with Gasteiger partial charge in [-0.1, -0.05) is 12.1 Å². The van der Waals surface area contributed by atoms with E-state index in [1.807, 2.05) is 24.1 Å². The van der Waals surface area contributed by atoms with Crippen LogP contribution in [-0.2, 0) is 13.5 Å². The standard InChI is InChI=1S/C20H32N6.HI/c1-5-21-20(22-11-10-18-15-24-25(4)16-18)23-12-13-26(6-2)19-9-7-8-17(3)14-19;/h7-9,14-16H,5-6,10-13H2,1-4H3,(H2,21,22,23);1H. The van der Waals surface area contributed by atoms with Crippen molar-refractivity contribution in [2.45, 2.75) is 27.2 Å². The van der Waals surface area contributed by atoms with Crippen LogP contribution in [0.2, 0.25) is 0 Å². The van der Waals surface area contributed by atoms with Gasteiger partial charge in [-0.3, -0.25) is 9.67 Å². The minimum Gasteiger partial charge on any atom is -0.370 e. The Kier molecular flexibility index (Phi) is 10.8. The Hall–Kier alpha value is -1.77. The molecular formula is C20H33IN6. The van der Waals surface area contributed by atoms with Crippen molar-refractivity contribution in [3.63, 3.8) is 0 Å². The molecule has 0 saturated carbocycles. The molecule has 150 valence electrons. The van der Waals surface area contributed by atoms with Crippen molar-refractivity contribution < 1.29 is 0 Å². The second kappa shape index (κ2) is 12.6. The average molecular weight is 484 g/mol. The molecule has 0 aliphatic carbocycles. The number of nitrogens with zero attached hydrogens (tertiary/aromatic N) is 4. The molecule has 1 aromatic heterocycles. The molecule has 0 amide bonds. The van der Waals surface area contributed by atoms with Gasteiger partial charge in [-0.25, -0.2) is 0 Å². The lowest BCUT2D eigenvalue weighted by molar-refractivity contribution is 0.750. The van der Waals surface area contributed by atoms with Crippen LogP contribution in [0.25, 0.3) is 0 Å². The molecule has 0 spiro atoms. The summed E-state index contributed by atoms with van der Waals surface area (Å²) in [5.74, 6) is 0.872. The van der Waals surface area contributed by atoms with Crippen LogP contribution in [0.1, 0.15) is 25.0 Å². The zero-order valence-corrected chi connectivity index (χ0v) is 19.2. The molecule has 0 fully saturated rings. The van der Waals surface area contributed by atoms with Crippen LogP contribution in [0.3, 0.4) is 0 Å². The Balaban J connectivity index is 0.00000364. The van der Waals surface area contributed by atoms with Gasteiger partial charge >= 0.3 is 0 Å². The first kappa shape index (κ1) is 23.3. The molecule has 0 aliphatic heterocycles. The maximum atomic E-state index is 4.67. The molecule has 0 bridgehead atoms. The summed E-state index contributed by atoms with van der Waals surface area (Å²) in [6, 6.07) is 8.65. The van der Waals surface area contributed by atoms with E-state index in [0.717, 1.165) is 45.1 Å². The molecule has 27 heavy (non-hydrogen) atoms. The fraction of sp³-hybridized carbons (Fsp3) is 0.500. The van der Waals surface area contributed by atoms with Crippen LogP contribution in [0.15, 0.2) is 41.7 Å². The third-order valence-electron chi connectivity index (χ3n) is 4.20. The summed E-state index contributed by atoms with van der Waals surface area (Å²) in [6.07, 6.45) is 4.84. The highest BCUT2D eigenvalue weighted by Crippen LogP contribution is 2.14. The Morgan fingerprint density at radius 2 is 2.07 bits per heavy atom. The summed E-state index contributed by atoms with van der Waals surface area (Å²) in [5.41, 5.74) is 3.77. The molecule has 1 heterocycles. The molecule has 0 unspecified atom stereocenters. The summed E-state index contributed by atoms with van der Waals surface area (Å²) < 4.78 is 1.83. The fourth-order valence-electron chi connectivity index (χ4n) is 2.84. The molecule has 2 rings (SSSR count). The van der Waals surface area contributed by atoms with Crippen molar-refractivity contribution in [3.8, 4) is 0 Å². The summed E-state index contributed by atoms with van der Waals surface area (Å²) in [4.78, 5) is 7.04. The first-order valence-corrected chi connectivity index (χ1v) is 9.43. The van der Waals surface area contributed by atoms with Gasteiger partial charge in [0.25, 0.3) is 0 Å². The molecule has 0 aliphatic rings. The summed E-state index contributed by atoms with van der Waals surface area (Å²) in [5, 5.41) is 10.9. The maximum Gasteiger partial charge on any atom is 0.191 e. The summed E-state index contributed by atoms with van der Waals surface area (Å²) in [6.45, 7) is 10.8. The molecule has 2 aromatic rings. The average Bonchev–Trinajstić information content (AvgIpc) is 3.04. The molecule has 0 saturated heterocycles. The Morgan fingerprint density at radius 1 is 1.26 bits per heavy atom. The second-order valence-corrected chi connectivity index (χ2v) is 6.38. The highest BCUT2D eigenvalue weighted by Gasteiger charge is 2.05. The second-order valence-electron chi connectivity index (χ2n) is 6.38. The number of anilines is 1. The number of aryl methyl sites for hydroxylation is 2. The largest absolute Gasteiger partial charge is 0.370 e. The van der Waals surface area contributed by atoms with Gasteiger partial charge in [-0.05, 0) is 50.5 Å². The van der Waals surface area contributed by atoms with Gasteiger partial charge in [0, 0.05) is 51.7 Å². The Morgan fingerprint density at radius 3 is 2.70 bits per heavy atom. The van der Waals surface area contributed by atoms with Gasteiger partial charge in [-0.15, -0.1) is 24.0 Å². The van der Waals surface area contributed by atoms with Crippen LogP contribution in [-0.4, -0.2) is 48.5 Å². The maximum absolute atomic E-state index is 4.67. The minimum atomic E-state index is 0. The molecule has 7 heteroatoms. The van der Waals surface area contributed by atoms with E-state index in [1.165, 1.54) is 16.8 Å². The third kappa shape index (κ3) is 8.19. The number of nitrogens with one attached hydrogen (secondary N) is 2. The minimum absolute atomic E-state index is 0. The smallest absolute Gasteiger partial charge is 0.191 e. The monoisotopic (exact) mass is 484 g/mol. The first-order valence-electron chi connectivity index (χ1n) is 9.43. The van der Waals surface area contributed by atoms with E-state index in [2.05, 4.69) is 70.7 Å². The van der Waals surface area contributed by atoms with E-state index in [9.17, 15) is 0 Å². The predicted octanol–water partition coefficient (Wildman–Crippen LogP) is 2.97. The molecule has 2 N–H and O–H groups in total. The van der Waals surface area contributed by atoms with Crippen molar-refractivity contribution in [3.05, 3.63) is 47.8 Å². The van der Waals surface area contributed by atoms with Crippen molar-refractivity contribution in [1.82, 2.24) is 20.4 Å². The van der Waals surface area contributed by atoms with E-state index in [1.54, 1.807) is 0 Å². The zero-order chi connectivity index (χ0) is 18.8. The number of hydrogen-bond donors (Lipinski definition) is 2. The molecule has 6 nitrogen and oxygen atoms in total. The lowest BCUT2D eigenvalue weighted by Gasteiger charge is -2.24. The summed E-state index contributed by atoms with van der Waals surface area (Å²) in [7, 11) is 1.94. The highest BCUT2D eigenvalue weighted by molar-refractivity contribution is 14.0. The van der Waals surface area contributed by atoms with E-state index in [4.69, 9.17) is 0 Å². The van der Waals surface area contributed by atoms with Gasteiger partial charge in [0.05, 0.1) is 6.20 Å². The fourth-order valence-corrected chi connectivity index (χ4v) is 2.84. The first-order chi connectivity index (χ1) is 12.6. The van der Waals surface area contributed by atoms with Gasteiger partial charge in [0.1, 0.15) is 0 Å². The molecular weight excluding hydrogens is 451 g/mol. The van der Waals surface area contributed by atoms with Crippen LogP contribution in [0.4, 0.5) is 5.69 Å². The van der Waals surface area contributed by atoms with Crippen LogP contribution in [0, 0.1) is 6.92 Å². The number of aliphatic imine (C=N–C) groups is 1. The lowest BCUT2D eigenvalue weighted by atomic mass is 10.2. The topological polar surface area (TPSA) is 57.5 Å². The molecule has 0 radical (unpaired) electrons. The van der Waals surface area contributed by atoms with E-state index >= 15 is 0 Å². The number of hydrogen-bond acceptors (Lipinski definition) is 3. The zero-order valence-electron chi connectivity index (χ0n) is 16.9. The number of halogens is 1. The number of likely N-dealkylation sites (N-methyl/N-ethyl adjacent to an activating group) is 1. The number of benzene rings is 1. The highest BCUT2D eigenvalue weighted by atomic mass is 127. The SMILES string of the molecule is CCNC(=NCCc1cnn(C)c1)NCCN(CC)c1cccc(C)c1.I. The number of guanidine groups is 1. The Labute approximate surface area is 180 Å². The van der Waals surface area contributed by atoms with E-state index in [-0.39, 0.29) is 24.0 Å². The van der Waals surface area contributed by atoms with Crippen LogP contribution in [0.5, 0.6) is 0 Å². The number of aromatic nitrogens is 2. The van der Waals surface area contributed by atoms with Crippen molar-refractivity contribution >= 4 is 35.6 Å².